The van der Waals surface area contributed by atoms with Gasteiger partial charge in [-0.3, -0.25) is 4.79 Å². The second-order valence-corrected chi connectivity index (χ2v) is 4.05. The van der Waals surface area contributed by atoms with Gasteiger partial charge < -0.3 is 20.1 Å². The van der Waals surface area contributed by atoms with E-state index >= 15 is 0 Å². The number of methoxy groups -OCH3 is 1. The Hall–Kier alpha value is -1.46. The Morgan fingerprint density at radius 1 is 1.30 bits per heavy atom. The molecule has 0 aliphatic rings. The van der Waals surface area contributed by atoms with E-state index in [-0.39, 0.29) is 18.3 Å². The van der Waals surface area contributed by atoms with Crippen molar-refractivity contribution in [3.8, 4) is 11.5 Å². The first-order valence-electron chi connectivity index (χ1n) is 6.42. The lowest BCUT2D eigenvalue weighted by molar-refractivity contribution is -0.121. The number of benzene rings is 1. The van der Waals surface area contributed by atoms with Crippen LogP contribution in [0.4, 0.5) is 0 Å². The van der Waals surface area contributed by atoms with Gasteiger partial charge in [-0.25, -0.2) is 0 Å². The molecule has 0 spiro atoms. The molecule has 0 fully saturated rings. The SMILES string of the molecule is CCOc1cc(CNC(=O)CCNC)ccc1OC.Cl. The van der Waals surface area contributed by atoms with E-state index in [2.05, 4.69) is 10.6 Å². The number of nitrogens with one attached hydrogen (secondary N) is 2. The second kappa shape index (κ2) is 10.3. The van der Waals surface area contributed by atoms with Crippen LogP contribution in [0.15, 0.2) is 18.2 Å². The molecule has 0 aliphatic heterocycles. The van der Waals surface area contributed by atoms with E-state index in [1.54, 1.807) is 7.11 Å². The maximum Gasteiger partial charge on any atom is 0.221 e. The minimum absolute atomic E-state index is 0. The van der Waals surface area contributed by atoms with Gasteiger partial charge in [0.15, 0.2) is 11.5 Å². The molecule has 1 rings (SSSR count). The van der Waals surface area contributed by atoms with Crippen molar-refractivity contribution in [2.24, 2.45) is 0 Å². The number of carbonyl (C=O) groups excluding carboxylic acids is 1. The summed E-state index contributed by atoms with van der Waals surface area (Å²) in [5.74, 6) is 1.43. The highest BCUT2D eigenvalue weighted by atomic mass is 35.5. The molecule has 20 heavy (non-hydrogen) atoms. The molecule has 0 heterocycles. The zero-order chi connectivity index (χ0) is 14.1. The number of halogens is 1. The van der Waals surface area contributed by atoms with Crippen molar-refractivity contribution in [1.29, 1.82) is 0 Å². The van der Waals surface area contributed by atoms with Gasteiger partial charge in [-0.1, -0.05) is 6.07 Å². The third kappa shape index (κ3) is 6.12. The molecule has 1 aromatic carbocycles. The van der Waals surface area contributed by atoms with Gasteiger partial charge >= 0.3 is 0 Å². The van der Waals surface area contributed by atoms with Crippen LogP contribution in [0.3, 0.4) is 0 Å². The second-order valence-electron chi connectivity index (χ2n) is 4.05. The molecule has 0 saturated carbocycles. The number of rotatable bonds is 8. The number of carbonyl (C=O) groups is 1. The Bertz CT molecular complexity index is 413. The third-order valence-electron chi connectivity index (χ3n) is 2.62. The first kappa shape index (κ1) is 18.5. The zero-order valence-corrected chi connectivity index (χ0v) is 13.0. The van der Waals surface area contributed by atoms with Gasteiger partial charge in [-0.15, -0.1) is 12.4 Å². The standard InChI is InChI=1S/C14H22N2O3.ClH/c1-4-19-13-9-11(5-6-12(13)18-3)10-16-14(17)7-8-15-2;/h5-6,9,15H,4,7-8,10H2,1-3H3,(H,16,17);1H. The zero-order valence-electron chi connectivity index (χ0n) is 12.2. The van der Waals surface area contributed by atoms with Gasteiger partial charge in [0.05, 0.1) is 13.7 Å². The minimum Gasteiger partial charge on any atom is -0.493 e. The first-order valence-corrected chi connectivity index (χ1v) is 6.42. The highest BCUT2D eigenvalue weighted by Gasteiger charge is 2.06. The molecule has 0 aliphatic carbocycles. The van der Waals surface area contributed by atoms with Crippen LogP contribution in [-0.4, -0.2) is 33.2 Å². The van der Waals surface area contributed by atoms with E-state index in [4.69, 9.17) is 9.47 Å². The molecule has 0 unspecified atom stereocenters. The molecule has 1 amide bonds. The Morgan fingerprint density at radius 3 is 2.65 bits per heavy atom. The summed E-state index contributed by atoms with van der Waals surface area (Å²) >= 11 is 0. The van der Waals surface area contributed by atoms with Crippen molar-refractivity contribution < 1.29 is 14.3 Å². The highest BCUT2D eigenvalue weighted by Crippen LogP contribution is 2.27. The third-order valence-corrected chi connectivity index (χ3v) is 2.62. The van der Waals surface area contributed by atoms with Gasteiger partial charge in [0.1, 0.15) is 0 Å². The van der Waals surface area contributed by atoms with E-state index in [0.29, 0.717) is 37.6 Å². The summed E-state index contributed by atoms with van der Waals surface area (Å²) in [5.41, 5.74) is 0.988. The normalized spacial score (nSPS) is 9.55. The summed E-state index contributed by atoms with van der Waals surface area (Å²) in [7, 11) is 3.43. The van der Waals surface area contributed by atoms with Crippen molar-refractivity contribution >= 4 is 18.3 Å². The molecular formula is C14H23ClN2O3. The van der Waals surface area contributed by atoms with Crippen LogP contribution in [0.25, 0.3) is 0 Å². The quantitative estimate of drug-likeness (QED) is 0.768. The largest absolute Gasteiger partial charge is 0.493 e. The number of amides is 1. The fraction of sp³-hybridized carbons (Fsp3) is 0.500. The van der Waals surface area contributed by atoms with Crippen LogP contribution in [0.1, 0.15) is 18.9 Å². The van der Waals surface area contributed by atoms with Gasteiger partial charge in [-0.2, -0.15) is 0 Å². The summed E-state index contributed by atoms with van der Waals surface area (Å²) in [6, 6.07) is 5.65. The van der Waals surface area contributed by atoms with Crippen molar-refractivity contribution in [2.75, 3.05) is 27.3 Å². The Balaban J connectivity index is 0.00000361. The van der Waals surface area contributed by atoms with Crippen LogP contribution in [0.5, 0.6) is 11.5 Å². The predicted octanol–water partition coefficient (Wildman–Crippen LogP) is 1.74. The molecule has 6 heteroatoms. The number of hydrogen-bond donors (Lipinski definition) is 2. The molecular weight excluding hydrogens is 280 g/mol. The van der Waals surface area contributed by atoms with Crippen molar-refractivity contribution in [2.45, 2.75) is 19.9 Å². The van der Waals surface area contributed by atoms with Crippen LogP contribution in [0.2, 0.25) is 0 Å². The van der Waals surface area contributed by atoms with E-state index in [0.717, 1.165) is 5.56 Å². The summed E-state index contributed by atoms with van der Waals surface area (Å²) < 4.78 is 10.7. The monoisotopic (exact) mass is 302 g/mol. The van der Waals surface area contributed by atoms with Crippen LogP contribution < -0.4 is 20.1 Å². The first-order chi connectivity index (χ1) is 9.21. The molecule has 1 aromatic rings. The number of hydrogen-bond acceptors (Lipinski definition) is 4. The van der Waals surface area contributed by atoms with Crippen molar-refractivity contribution in [3.63, 3.8) is 0 Å². The van der Waals surface area contributed by atoms with Gasteiger partial charge in [0.2, 0.25) is 5.91 Å². The fourth-order valence-corrected chi connectivity index (χ4v) is 1.63. The van der Waals surface area contributed by atoms with Gasteiger partial charge in [0.25, 0.3) is 0 Å². The van der Waals surface area contributed by atoms with Gasteiger partial charge in [-0.05, 0) is 31.7 Å². The van der Waals surface area contributed by atoms with Crippen molar-refractivity contribution in [1.82, 2.24) is 10.6 Å². The predicted molar refractivity (Wildman–Crippen MR) is 81.8 cm³/mol. The fourth-order valence-electron chi connectivity index (χ4n) is 1.63. The molecule has 5 nitrogen and oxygen atoms in total. The van der Waals surface area contributed by atoms with E-state index in [1.165, 1.54) is 0 Å². The summed E-state index contributed by atoms with van der Waals surface area (Å²) in [5, 5.41) is 5.81. The molecule has 0 atom stereocenters. The summed E-state index contributed by atoms with van der Waals surface area (Å²) in [6.07, 6.45) is 0.477. The Kier molecular flexibility index (Phi) is 9.59. The maximum atomic E-state index is 11.5. The molecule has 0 radical (unpaired) electrons. The summed E-state index contributed by atoms with van der Waals surface area (Å²) in [4.78, 5) is 11.5. The van der Waals surface area contributed by atoms with Gasteiger partial charge in [0, 0.05) is 19.5 Å². The van der Waals surface area contributed by atoms with Crippen LogP contribution >= 0.6 is 12.4 Å². The van der Waals surface area contributed by atoms with E-state index in [1.807, 2.05) is 32.2 Å². The van der Waals surface area contributed by atoms with Crippen molar-refractivity contribution in [3.05, 3.63) is 23.8 Å². The minimum atomic E-state index is 0. The number of ether oxygens (including phenoxy) is 2. The smallest absolute Gasteiger partial charge is 0.221 e. The topological polar surface area (TPSA) is 59.6 Å². The van der Waals surface area contributed by atoms with E-state index in [9.17, 15) is 4.79 Å². The maximum absolute atomic E-state index is 11.5. The lowest BCUT2D eigenvalue weighted by Crippen LogP contribution is -2.26. The highest BCUT2D eigenvalue weighted by molar-refractivity contribution is 5.85. The summed E-state index contributed by atoms with van der Waals surface area (Å²) in [6.45, 7) is 3.67. The lowest BCUT2D eigenvalue weighted by Gasteiger charge is -2.11. The lowest BCUT2D eigenvalue weighted by atomic mass is 10.2. The average Bonchev–Trinajstić information content (AvgIpc) is 2.43. The molecule has 0 bridgehead atoms. The molecule has 114 valence electrons. The van der Waals surface area contributed by atoms with E-state index < -0.39 is 0 Å². The van der Waals surface area contributed by atoms with Crippen LogP contribution in [0, 0.1) is 0 Å². The molecule has 0 aromatic heterocycles. The Morgan fingerprint density at radius 2 is 2.05 bits per heavy atom. The Labute approximate surface area is 126 Å². The molecule has 0 saturated heterocycles. The molecule has 2 N–H and O–H groups in total. The van der Waals surface area contributed by atoms with Crippen LogP contribution in [-0.2, 0) is 11.3 Å². The average molecular weight is 303 g/mol.